The monoisotopic (exact) mass is 545 g/mol. The summed E-state index contributed by atoms with van der Waals surface area (Å²) >= 11 is 5.17. The van der Waals surface area contributed by atoms with Gasteiger partial charge >= 0.3 is 0 Å². The zero-order valence-corrected chi connectivity index (χ0v) is 20.9. The molecule has 0 spiro atoms. The minimum atomic E-state index is 0.226. The third-order valence-electron chi connectivity index (χ3n) is 5.84. The van der Waals surface area contributed by atoms with Crippen LogP contribution in [0.4, 0.5) is 5.82 Å². The number of hydrogen-bond acceptors (Lipinski definition) is 7. The summed E-state index contributed by atoms with van der Waals surface area (Å²) in [5.41, 5.74) is 11.1. The number of aryl methyl sites for hydroxylation is 2. The normalized spacial score (nSPS) is 12.4. The summed E-state index contributed by atoms with van der Waals surface area (Å²) in [5, 5.41) is 0.785. The molecule has 9 heteroatoms. The number of imidazole rings is 1. The summed E-state index contributed by atoms with van der Waals surface area (Å²) in [6, 6.07) is 22.9. The molecule has 3 aromatic carbocycles. The first kappa shape index (κ1) is 21.9. The van der Waals surface area contributed by atoms with Gasteiger partial charge in [0.2, 0.25) is 6.79 Å². The van der Waals surface area contributed by atoms with Gasteiger partial charge in [-0.25, -0.2) is 15.0 Å². The highest BCUT2D eigenvalue weighted by Crippen LogP contribution is 2.43. The predicted octanol–water partition coefficient (Wildman–Crippen LogP) is 5.96. The highest BCUT2D eigenvalue weighted by Gasteiger charge is 2.20. The molecule has 35 heavy (non-hydrogen) atoms. The molecule has 0 fully saturated rings. The molecule has 0 radical (unpaired) electrons. The number of hydrogen-bond donors (Lipinski definition) is 1. The Labute approximate surface area is 214 Å². The van der Waals surface area contributed by atoms with E-state index in [0.29, 0.717) is 17.9 Å². The minimum Gasteiger partial charge on any atom is -0.454 e. The quantitative estimate of drug-likeness (QED) is 0.281. The van der Waals surface area contributed by atoms with E-state index in [1.165, 1.54) is 34.8 Å². The molecule has 0 bridgehead atoms. The van der Waals surface area contributed by atoms with E-state index in [-0.39, 0.29) is 6.79 Å². The van der Waals surface area contributed by atoms with Crippen molar-refractivity contribution < 1.29 is 9.47 Å². The maximum Gasteiger partial charge on any atom is 0.231 e. The first-order valence-electron chi connectivity index (χ1n) is 11.0. The number of nitrogens with zero attached hydrogens (tertiary/aromatic N) is 4. The fourth-order valence-corrected chi connectivity index (χ4v) is 5.53. The summed E-state index contributed by atoms with van der Waals surface area (Å²) in [4.78, 5) is 14.4. The van der Waals surface area contributed by atoms with Gasteiger partial charge in [0.15, 0.2) is 33.6 Å². The fourth-order valence-electron chi connectivity index (χ4n) is 4.02. The van der Waals surface area contributed by atoms with Crippen LogP contribution in [0.25, 0.3) is 22.3 Å². The van der Waals surface area contributed by atoms with Crippen LogP contribution in [0.2, 0.25) is 0 Å². The topological polar surface area (TPSA) is 88.1 Å². The fraction of sp³-hybridized carbons (Fsp3) is 0.115. The molecule has 2 aromatic heterocycles. The van der Waals surface area contributed by atoms with Crippen LogP contribution in [0.15, 0.2) is 87.6 Å². The number of aromatic nitrogens is 4. The first-order chi connectivity index (χ1) is 17.2. The van der Waals surface area contributed by atoms with Crippen LogP contribution >= 0.6 is 27.7 Å². The highest BCUT2D eigenvalue weighted by molar-refractivity contribution is 9.10. The SMILES string of the molecule is Nc1ncnc2c1nc(Sc1cc3c(cc1Br)OCO3)n2CCc1ccc(-c2ccccc2)cc1. The standard InChI is InChI=1S/C26H20BrN5O2S/c27-19-12-20-21(34-15-33-20)13-22(19)35-26-31-23-24(28)29-14-30-25(23)32(26)11-10-16-6-8-18(9-7-16)17-4-2-1-3-5-17/h1-9,12-14H,10-11,15H2,(H2,28,29,30). The second-order valence-corrected chi connectivity index (χ2v) is 9.89. The third-order valence-corrected chi connectivity index (χ3v) is 7.81. The lowest BCUT2D eigenvalue weighted by Gasteiger charge is -2.10. The summed E-state index contributed by atoms with van der Waals surface area (Å²) < 4.78 is 14.0. The Morgan fingerprint density at radius 3 is 2.49 bits per heavy atom. The number of benzene rings is 3. The van der Waals surface area contributed by atoms with Crippen LogP contribution in [0, 0.1) is 0 Å². The molecule has 3 heterocycles. The van der Waals surface area contributed by atoms with E-state index >= 15 is 0 Å². The molecule has 5 aromatic rings. The van der Waals surface area contributed by atoms with Gasteiger partial charge in [-0.1, -0.05) is 66.4 Å². The maximum absolute atomic E-state index is 6.13. The van der Waals surface area contributed by atoms with E-state index in [1.807, 2.05) is 18.2 Å². The summed E-state index contributed by atoms with van der Waals surface area (Å²) in [6.07, 6.45) is 2.30. The molecule has 0 amide bonds. The molecule has 6 rings (SSSR count). The van der Waals surface area contributed by atoms with Crippen molar-refractivity contribution in [3.63, 3.8) is 0 Å². The first-order valence-corrected chi connectivity index (χ1v) is 12.6. The summed E-state index contributed by atoms with van der Waals surface area (Å²) in [7, 11) is 0. The van der Waals surface area contributed by atoms with Crippen molar-refractivity contribution in [3.8, 4) is 22.6 Å². The number of nitrogens with two attached hydrogens (primary N) is 1. The van der Waals surface area contributed by atoms with Crippen molar-refractivity contribution in [3.05, 3.63) is 83.1 Å². The molecule has 0 unspecified atom stereocenters. The molecule has 0 saturated carbocycles. The Morgan fingerprint density at radius 2 is 1.69 bits per heavy atom. The van der Waals surface area contributed by atoms with Crippen LogP contribution < -0.4 is 15.2 Å². The smallest absolute Gasteiger partial charge is 0.231 e. The second-order valence-electron chi connectivity index (χ2n) is 8.03. The van der Waals surface area contributed by atoms with E-state index in [9.17, 15) is 0 Å². The van der Waals surface area contributed by atoms with E-state index in [0.717, 1.165) is 38.1 Å². The van der Waals surface area contributed by atoms with Crippen LogP contribution in [-0.4, -0.2) is 26.3 Å². The summed E-state index contributed by atoms with van der Waals surface area (Å²) in [6.45, 7) is 0.922. The Bertz CT molecular complexity index is 1520. The number of ether oxygens (including phenoxy) is 2. The molecular weight excluding hydrogens is 526 g/mol. The molecular formula is C26H20BrN5O2S. The number of fused-ring (bicyclic) bond motifs is 2. The lowest BCUT2D eigenvalue weighted by atomic mass is 10.0. The van der Waals surface area contributed by atoms with Crippen LogP contribution in [0.3, 0.4) is 0 Å². The van der Waals surface area contributed by atoms with Gasteiger partial charge in [0.05, 0.1) is 0 Å². The lowest BCUT2D eigenvalue weighted by Crippen LogP contribution is -2.04. The van der Waals surface area contributed by atoms with Gasteiger partial charge in [0, 0.05) is 15.9 Å². The van der Waals surface area contributed by atoms with Gasteiger partial charge in [-0.05, 0) is 51.2 Å². The van der Waals surface area contributed by atoms with Gasteiger partial charge in [0.25, 0.3) is 0 Å². The minimum absolute atomic E-state index is 0.226. The average Bonchev–Trinajstić information content (AvgIpc) is 3.48. The molecule has 0 saturated heterocycles. The summed E-state index contributed by atoms with van der Waals surface area (Å²) in [5.74, 6) is 1.81. The van der Waals surface area contributed by atoms with Crippen LogP contribution in [0.5, 0.6) is 11.5 Å². The van der Waals surface area contributed by atoms with Crippen molar-refractivity contribution >= 4 is 44.7 Å². The van der Waals surface area contributed by atoms with Crippen molar-refractivity contribution in [2.24, 2.45) is 0 Å². The molecule has 174 valence electrons. The number of nitrogen functional groups attached to an aromatic ring is 1. The maximum atomic E-state index is 6.13. The van der Waals surface area contributed by atoms with Gasteiger partial charge in [-0.2, -0.15) is 0 Å². The van der Waals surface area contributed by atoms with Gasteiger partial charge in [0.1, 0.15) is 6.33 Å². The van der Waals surface area contributed by atoms with Gasteiger partial charge in [-0.15, -0.1) is 0 Å². The molecule has 1 aliphatic rings. The Hall–Kier alpha value is -3.56. The predicted molar refractivity (Wildman–Crippen MR) is 140 cm³/mol. The molecule has 7 nitrogen and oxygen atoms in total. The zero-order valence-electron chi connectivity index (χ0n) is 18.5. The molecule has 0 atom stereocenters. The lowest BCUT2D eigenvalue weighted by molar-refractivity contribution is 0.174. The Kier molecular flexibility index (Phi) is 5.79. The van der Waals surface area contributed by atoms with Crippen LogP contribution in [-0.2, 0) is 13.0 Å². The van der Waals surface area contributed by atoms with Gasteiger partial charge < -0.3 is 19.8 Å². The second kappa shape index (κ2) is 9.24. The molecule has 1 aliphatic heterocycles. The van der Waals surface area contributed by atoms with Crippen molar-refractivity contribution in [1.29, 1.82) is 0 Å². The van der Waals surface area contributed by atoms with E-state index in [2.05, 4.69) is 79.0 Å². The molecule has 2 N–H and O–H groups in total. The van der Waals surface area contributed by atoms with Crippen molar-refractivity contribution in [2.75, 3.05) is 12.5 Å². The average molecular weight is 546 g/mol. The van der Waals surface area contributed by atoms with Gasteiger partial charge in [-0.3, -0.25) is 0 Å². The van der Waals surface area contributed by atoms with Crippen molar-refractivity contribution in [2.45, 2.75) is 23.0 Å². The molecule has 0 aliphatic carbocycles. The van der Waals surface area contributed by atoms with E-state index < -0.39 is 0 Å². The number of anilines is 1. The number of rotatable bonds is 6. The van der Waals surface area contributed by atoms with E-state index in [1.54, 1.807) is 0 Å². The van der Waals surface area contributed by atoms with E-state index in [4.69, 9.17) is 20.2 Å². The van der Waals surface area contributed by atoms with Crippen molar-refractivity contribution in [1.82, 2.24) is 19.5 Å². The number of halogens is 1. The third kappa shape index (κ3) is 4.33. The highest BCUT2D eigenvalue weighted by atomic mass is 79.9. The Balaban J connectivity index is 1.30. The largest absolute Gasteiger partial charge is 0.454 e. The zero-order chi connectivity index (χ0) is 23.8. The Morgan fingerprint density at radius 1 is 0.943 bits per heavy atom. The van der Waals surface area contributed by atoms with Crippen LogP contribution in [0.1, 0.15) is 5.56 Å².